The van der Waals surface area contributed by atoms with Gasteiger partial charge in [0, 0.05) is 20.6 Å². The zero-order chi connectivity index (χ0) is 15.8. The molecule has 0 aliphatic carbocycles. The molecular formula is C18H23N3O. The molecule has 0 aromatic heterocycles. The predicted molar refractivity (Wildman–Crippen MR) is 91.1 cm³/mol. The molecular weight excluding hydrogens is 274 g/mol. The summed E-state index contributed by atoms with van der Waals surface area (Å²) in [7, 11) is 3.95. The number of phenolic OH excluding ortho intramolecular Hbond substituents is 1. The zero-order valence-electron chi connectivity index (χ0n) is 13.2. The quantitative estimate of drug-likeness (QED) is 0.659. The van der Waals surface area contributed by atoms with Crippen LogP contribution < -0.4 is 5.32 Å². The fourth-order valence-electron chi connectivity index (χ4n) is 2.14. The van der Waals surface area contributed by atoms with Gasteiger partial charge in [0.25, 0.3) is 0 Å². The number of aliphatic imine (C=N–C) groups is 1. The Labute approximate surface area is 132 Å². The predicted octanol–water partition coefficient (Wildman–Crippen LogP) is 2.64. The Bertz CT molecular complexity index is 609. The smallest absolute Gasteiger partial charge is 0.193 e. The first-order valence-electron chi connectivity index (χ1n) is 7.42. The number of benzene rings is 2. The van der Waals surface area contributed by atoms with Gasteiger partial charge in [0.2, 0.25) is 0 Å². The molecule has 0 heterocycles. The van der Waals surface area contributed by atoms with Crippen LogP contribution in [0.15, 0.2) is 59.6 Å². The monoisotopic (exact) mass is 297 g/mol. The molecule has 0 unspecified atom stereocenters. The van der Waals surface area contributed by atoms with Gasteiger partial charge in [0.05, 0.1) is 6.54 Å². The number of hydrogen-bond acceptors (Lipinski definition) is 2. The molecule has 0 fully saturated rings. The first-order chi connectivity index (χ1) is 10.6. The SMILES string of the molecule is CN(C)C(=NCc1ccccc1)NCCc1cccc(O)c1. The average molecular weight is 297 g/mol. The third-order valence-corrected chi connectivity index (χ3v) is 3.29. The standard InChI is InChI=1S/C18H23N3O/c1-21(2)18(20-14-16-7-4-3-5-8-16)19-12-11-15-9-6-10-17(22)13-15/h3-10,13,22H,11-12,14H2,1-2H3,(H,19,20). The number of rotatable bonds is 5. The van der Waals surface area contributed by atoms with Gasteiger partial charge in [-0.1, -0.05) is 42.5 Å². The van der Waals surface area contributed by atoms with Crippen LogP contribution in [-0.4, -0.2) is 36.6 Å². The van der Waals surface area contributed by atoms with Gasteiger partial charge in [0.15, 0.2) is 5.96 Å². The molecule has 4 heteroatoms. The Kier molecular flexibility index (Phi) is 5.83. The highest BCUT2D eigenvalue weighted by Crippen LogP contribution is 2.10. The summed E-state index contributed by atoms with van der Waals surface area (Å²) in [5, 5.41) is 12.8. The Balaban J connectivity index is 1.89. The van der Waals surface area contributed by atoms with Crippen LogP contribution in [0.2, 0.25) is 0 Å². The summed E-state index contributed by atoms with van der Waals surface area (Å²) in [5.74, 6) is 1.17. The third kappa shape index (κ3) is 5.13. The van der Waals surface area contributed by atoms with Crippen molar-refractivity contribution in [1.29, 1.82) is 0 Å². The van der Waals surface area contributed by atoms with Crippen molar-refractivity contribution < 1.29 is 5.11 Å². The number of phenols is 1. The summed E-state index contributed by atoms with van der Waals surface area (Å²) < 4.78 is 0. The van der Waals surface area contributed by atoms with E-state index in [9.17, 15) is 5.11 Å². The van der Waals surface area contributed by atoms with Crippen molar-refractivity contribution in [1.82, 2.24) is 10.2 Å². The number of aromatic hydroxyl groups is 1. The Morgan fingerprint density at radius 2 is 1.77 bits per heavy atom. The minimum Gasteiger partial charge on any atom is -0.508 e. The largest absolute Gasteiger partial charge is 0.508 e. The number of nitrogens with zero attached hydrogens (tertiary/aromatic N) is 2. The third-order valence-electron chi connectivity index (χ3n) is 3.29. The van der Waals surface area contributed by atoms with Crippen LogP contribution in [-0.2, 0) is 13.0 Å². The van der Waals surface area contributed by atoms with Crippen LogP contribution in [0.4, 0.5) is 0 Å². The molecule has 0 saturated heterocycles. The van der Waals surface area contributed by atoms with E-state index in [1.54, 1.807) is 12.1 Å². The average Bonchev–Trinajstić information content (AvgIpc) is 2.51. The maximum Gasteiger partial charge on any atom is 0.193 e. The van der Waals surface area contributed by atoms with E-state index in [-0.39, 0.29) is 0 Å². The molecule has 22 heavy (non-hydrogen) atoms. The number of nitrogens with one attached hydrogen (secondary N) is 1. The van der Waals surface area contributed by atoms with Crippen molar-refractivity contribution in [2.45, 2.75) is 13.0 Å². The summed E-state index contributed by atoms with van der Waals surface area (Å²) in [6.45, 7) is 1.43. The lowest BCUT2D eigenvalue weighted by atomic mass is 10.1. The zero-order valence-corrected chi connectivity index (χ0v) is 13.2. The van der Waals surface area contributed by atoms with Gasteiger partial charge in [-0.2, -0.15) is 0 Å². The minimum absolute atomic E-state index is 0.308. The van der Waals surface area contributed by atoms with Crippen LogP contribution in [0.3, 0.4) is 0 Å². The van der Waals surface area contributed by atoms with E-state index in [1.807, 2.05) is 49.3 Å². The lowest BCUT2D eigenvalue weighted by molar-refractivity contribution is 0.474. The first-order valence-corrected chi connectivity index (χ1v) is 7.42. The van der Waals surface area contributed by atoms with Crippen LogP contribution in [0.1, 0.15) is 11.1 Å². The van der Waals surface area contributed by atoms with Gasteiger partial charge in [0.1, 0.15) is 5.75 Å². The lowest BCUT2D eigenvalue weighted by Gasteiger charge is -2.17. The molecule has 2 aromatic carbocycles. The second-order valence-electron chi connectivity index (χ2n) is 5.37. The molecule has 116 valence electrons. The topological polar surface area (TPSA) is 47.9 Å². The van der Waals surface area contributed by atoms with Crippen molar-refractivity contribution in [3.8, 4) is 5.75 Å². The highest BCUT2D eigenvalue weighted by molar-refractivity contribution is 5.79. The van der Waals surface area contributed by atoms with Crippen molar-refractivity contribution in [3.63, 3.8) is 0 Å². The van der Waals surface area contributed by atoms with E-state index >= 15 is 0 Å². The molecule has 2 aromatic rings. The molecule has 2 N–H and O–H groups in total. The fraction of sp³-hybridized carbons (Fsp3) is 0.278. The van der Waals surface area contributed by atoms with Crippen molar-refractivity contribution in [2.24, 2.45) is 4.99 Å². The normalized spacial score (nSPS) is 11.3. The highest BCUT2D eigenvalue weighted by atomic mass is 16.3. The van der Waals surface area contributed by atoms with Crippen LogP contribution in [0.5, 0.6) is 5.75 Å². The molecule has 0 saturated carbocycles. The summed E-state index contributed by atoms with van der Waals surface area (Å²) in [6.07, 6.45) is 0.840. The lowest BCUT2D eigenvalue weighted by Crippen LogP contribution is -2.37. The summed E-state index contributed by atoms with van der Waals surface area (Å²) in [6, 6.07) is 17.5. The molecule has 0 bridgehead atoms. The van der Waals surface area contributed by atoms with Gasteiger partial charge >= 0.3 is 0 Å². The molecule has 0 aliphatic heterocycles. The fourth-order valence-corrected chi connectivity index (χ4v) is 2.14. The molecule has 0 aliphatic rings. The Hall–Kier alpha value is -2.49. The molecule has 0 atom stereocenters. The van der Waals surface area contributed by atoms with Crippen molar-refractivity contribution in [2.75, 3.05) is 20.6 Å². The summed E-state index contributed by atoms with van der Waals surface area (Å²) >= 11 is 0. The van der Waals surface area contributed by atoms with E-state index in [1.165, 1.54) is 5.56 Å². The maximum absolute atomic E-state index is 9.47. The number of guanidine groups is 1. The van der Waals surface area contributed by atoms with Crippen molar-refractivity contribution in [3.05, 3.63) is 65.7 Å². The first kappa shape index (κ1) is 15.9. The van der Waals surface area contributed by atoms with Gasteiger partial charge < -0.3 is 15.3 Å². The molecule has 4 nitrogen and oxygen atoms in total. The van der Waals surface area contributed by atoms with Gasteiger partial charge in [-0.25, -0.2) is 4.99 Å². The van der Waals surface area contributed by atoms with Crippen LogP contribution in [0, 0.1) is 0 Å². The second kappa shape index (κ2) is 8.08. The van der Waals surface area contributed by atoms with E-state index in [2.05, 4.69) is 22.4 Å². The van der Waals surface area contributed by atoms with Crippen LogP contribution >= 0.6 is 0 Å². The second-order valence-corrected chi connectivity index (χ2v) is 5.37. The van der Waals surface area contributed by atoms with E-state index in [0.717, 1.165) is 24.5 Å². The molecule has 0 spiro atoms. The highest BCUT2D eigenvalue weighted by Gasteiger charge is 2.02. The Morgan fingerprint density at radius 3 is 2.45 bits per heavy atom. The number of hydrogen-bond donors (Lipinski definition) is 2. The van der Waals surface area contributed by atoms with Gasteiger partial charge in [-0.05, 0) is 29.7 Å². The molecule has 0 amide bonds. The van der Waals surface area contributed by atoms with E-state index in [0.29, 0.717) is 12.3 Å². The maximum atomic E-state index is 9.47. The minimum atomic E-state index is 0.308. The van der Waals surface area contributed by atoms with Gasteiger partial charge in [-0.15, -0.1) is 0 Å². The van der Waals surface area contributed by atoms with Crippen LogP contribution in [0.25, 0.3) is 0 Å². The van der Waals surface area contributed by atoms with E-state index < -0.39 is 0 Å². The van der Waals surface area contributed by atoms with Crippen molar-refractivity contribution >= 4 is 5.96 Å². The van der Waals surface area contributed by atoms with E-state index in [4.69, 9.17) is 0 Å². The Morgan fingerprint density at radius 1 is 1.05 bits per heavy atom. The molecule has 0 radical (unpaired) electrons. The molecule has 2 rings (SSSR count). The summed E-state index contributed by atoms with van der Waals surface area (Å²) in [4.78, 5) is 6.60. The summed E-state index contributed by atoms with van der Waals surface area (Å²) in [5.41, 5.74) is 2.30. The van der Waals surface area contributed by atoms with Gasteiger partial charge in [-0.3, -0.25) is 0 Å².